The third kappa shape index (κ3) is 5.83. The molecule has 1 aromatic carbocycles. The van der Waals surface area contributed by atoms with Gasteiger partial charge >= 0.3 is 0 Å². The Morgan fingerprint density at radius 3 is 2.55 bits per heavy atom. The van der Waals surface area contributed by atoms with Gasteiger partial charge < -0.3 is 10.2 Å². The molecule has 1 aromatic rings. The quantitative estimate of drug-likeness (QED) is 0.689. The molecule has 0 radical (unpaired) electrons. The maximum atomic E-state index is 13.4. The van der Waals surface area contributed by atoms with Crippen molar-refractivity contribution in [2.45, 2.75) is 87.7 Å². The van der Waals surface area contributed by atoms with E-state index >= 15 is 0 Å². The van der Waals surface area contributed by atoms with E-state index in [4.69, 9.17) is 0 Å². The van der Waals surface area contributed by atoms with Crippen LogP contribution in [-0.2, 0) is 4.79 Å². The van der Waals surface area contributed by atoms with Crippen LogP contribution in [0.5, 0.6) is 0 Å². The van der Waals surface area contributed by atoms with Crippen molar-refractivity contribution in [2.24, 2.45) is 0 Å². The molecule has 3 fully saturated rings. The number of nitrogens with one attached hydrogen (secondary N) is 1. The summed E-state index contributed by atoms with van der Waals surface area (Å²) in [6.07, 6.45) is 10.9. The van der Waals surface area contributed by atoms with Gasteiger partial charge in [0, 0.05) is 36.1 Å². The first-order chi connectivity index (χ1) is 15.1. The smallest absolute Gasteiger partial charge is 0.255 e. The molecule has 0 aromatic heterocycles. The average Bonchev–Trinajstić information content (AvgIpc) is 3.20. The zero-order valence-corrected chi connectivity index (χ0v) is 19.7. The number of nitrogens with zero attached hydrogens (tertiary/aromatic N) is 2. The fourth-order valence-electron chi connectivity index (χ4n) is 5.41. The molecule has 1 aliphatic carbocycles. The minimum absolute atomic E-state index is 0.0887. The van der Waals surface area contributed by atoms with Crippen molar-refractivity contribution in [1.82, 2.24) is 15.1 Å². The van der Waals surface area contributed by atoms with Gasteiger partial charge in [-0.2, -0.15) is 0 Å². The van der Waals surface area contributed by atoms with Gasteiger partial charge in [-0.15, -0.1) is 11.8 Å². The van der Waals surface area contributed by atoms with E-state index in [1.165, 1.54) is 63.3 Å². The molecule has 2 atom stereocenters. The highest BCUT2D eigenvalue weighted by molar-refractivity contribution is 8.00. The first kappa shape index (κ1) is 22.7. The predicted octanol–water partition coefficient (Wildman–Crippen LogP) is 4.32. The van der Waals surface area contributed by atoms with Crippen molar-refractivity contribution >= 4 is 23.6 Å². The number of benzene rings is 1. The summed E-state index contributed by atoms with van der Waals surface area (Å²) < 4.78 is 0. The Morgan fingerprint density at radius 1 is 1.00 bits per heavy atom. The van der Waals surface area contributed by atoms with E-state index in [-0.39, 0.29) is 17.9 Å². The Labute approximate surface area is 191 Å². The molecule has 2 heterocycles. The van der Waals surface area contributed by atoms with Gasteiger partial charge in [0.25, 0.3) is 5.91 Å². The van der Waals surface area contributed by atoms with Crippen molar-refractivity contribution in [2.75, 3.05) is 25.4 Å². The predicted molar refractivity (Wildman–Crippen MR) is 127 cm³/mol. The Balaban J connectivity index is 1.35. The van der Waals surface area contributed by atoms with E-state index in [0.29, 0.717) is 17.8 Å². The summed E-state index contributed by atoms with van der Waals surface area (Å²) in [6, 6.07) is 8.85. The molecule has 1 N–H and O–H groups in total. The van der Waals surface area contributed by atoms with Crippen LogP contribution in [0.4, 0.5) is 0 Å². The Morgan fingerprint density at radius 2 is 1.74 bits per heavy atom. The van der Waals surface area contributed by atoms with Gasteiger partial charge in [-0.1, -0.05) is 44.2 Å². The standard InChI is InChI=1S/C25H37N3O2S/c1-19-16-27-15-9-12-21(27)17-28(19)25(30)22-13-7-8-14-23(22)31-18-24(29)26-20-10-5-3-2-4-6-11-20/h7-8,13-14,19-21H,2-6,9-12,15-18H2,1H3,(H,26,29). The molecule has 0 spiro atoms. The van der Waals surface area contributed by atoms with Crippen LogP contribution in [0.2, 0.25) is 0 Å². The molecule has 6 heteroatoms. The van der Waals surface area contributed by atoms with Gasteiger partial charge in [0.1, 0.15) is 0 Å². The fourth-order valence-corrected chi connectivity index (χ4v) is 6.26. The number of piperazine rings is 1. The second-order valence-electron chi connectivity index (χ2n) is 9.49. The first-order valence-electron chi connectivity index (χ1n) is 12.2. The van der Waals surface area contributed by atoms with Gasteiger partial charge in [-0.05, 0) is 51.3 Å². The third-order valence-corrected chi connectivity index (χ3v) is 8.22. The number of carbonyl (C=O) groups is 2. The summed E-state index contributed by atoms with van der Waals surface area (Å²) >= 11 is 1.50. The number of thioether (sulfide) groups is 1. The molecule has 0 bridgehead atoms. The highest BCUT2D eigenvalue weighted by atomic mass is 32.2. The van der Waals surface area contributed by atoms with Crippen molar-refractivity contribution in [1.29, 1.82) is 0 Å². The second-order valence-corrected chi connectivity index (χ2v) is 10.5. The summed E-state index contributed by atoms with van der Waals surface area (Å²) in [5, 5.41) is 3.24. The highest BCUT2D eigenvalue weighted by Gasteiger charge is 2.37. The van der Waals surface area contributed by atoms with Crippen LogP contribution in [0, 0.1) is 0 Å². The van der Waals surface area contributed by atoms with Gasteiger partial charge in [-0.25, -0.2) is 0 Å². The van der Waals surface area contributed by atoms with Crippen LogP contribution in [0.25, 0.3) is 0 Å². The Kier molecular flexibility index (Phi) is 7.94. The zero-order valence-electron chi connectivity index (χ0n) is 18.9. The summed E-state index contributed by atoms with van der Waals surface area (Å²) in [5.74, 6) is 0.570. The first-order valence-corrected chi connectivity index (χ1v) is 13.2. The average molecular weight is 444 g/mol. The molecule has 2 amide bonds. The van der Waals surface area contributed by atoms with Gasteiger partial charge in [0.2, 0.25) is 5.91 Å². The number of rotatable bonds is 5. The minimum Gasteiger partial charge on any atom is -0.353 e. The maximum Gasteiger partial charge on any atom is 0.255 e. The molecular formula is C25H37N3O2S. The topological polar surface area (TPSA) is 52.7 Å². The highest BCUT2D eigenvalue weighted by Crippen LogP contribution is 2.29. The van der Waals surface area contributed by atoms with E-state index in [2.05, 4.69) is 22.0 Å². The van der Waals surface area contributed by atoms with Crippen molar-refractivity contribution in [3.05, 3.63) is 29.8 Å². The van der Waals surface area contributed by atoms with Gasteiger partial charge in [0.15, 0.2) is 0 Å². The molecular weight excluding hydrogens is 406 g/mol. The fraction of sp³-hybridized carbons (Fsp3) is 0.680. The monoisotopic (exact) mass is 443 g/mol. The molecule has 2 aliphatic heterocycles. The summed E-state index contributed by atoms with van der Waals surface area (Å²) in [6.45, 7) is 5.11. The normalized spacial score (nSPS) is 25.5. The van der Waals surface area contributed by atoms with Crippen molar-refractivity contribution in [3.63, 3.8) is 0 Å². The zero-order chi connectivity index (χ0) is 21.6. The number of hydrogen-bond donors (Lipinski definition) is 1. The van der Waals surface area contributed by atoms with E-state index in [9.17, 15) is 9.59 Å². The number of amides is 2. The molecule has 3 aliphatic rings. The molecule has 2 saturated heterocycles. The van der Waals surface area contributed by atoms with E-state index in [0.717, 1.165) is 36.4 Å². The van der Waals surface area contributed by atoms with Crippen LogP contribution in [-0.4, -0.2) is 65.1 Å². The van der Waals surface area contributed by atoms with Crippen molar-refractivity contribution in [3.8, 4) is 0 Å². The lowest BCUT2D eigenvalue weighted by Crippen LogP contribution is -2.56. The largest absolute Gasteiger partial charge is 0.353 e. The van der Waals surface area contributed by atoms with Gasteiger partial charge in [0.05, 0.1) is 11.3 Å². The lowest BCUT2D eigenvalue weighted by atomic mass is 9.97. The van der Waals surface area contributed by atoms with Crippen LogP contribution >= 0.6 is 11.8 Å². The Bertz CT molecular complexity index is 763. The van der Waals surface area contributed by atoms with Crippen LogP contribution in [0.15, 0.2) is 29.2 Å². The molecule has 4 rings (SSSR count). The summed E-state index contributed by atoms with van der Waals surface area (Å²) in [4.78, 5) is 31.6. The van der Waals surface area contributed by atoms with Crippen LogP contribution in [0.1, 0.15) is 75.1 Å². The van der Waals surface area contributed by atoms with E-state index in [1.54, 1.807) is 0 Å². The molecule has 31 heavy (non-hydrogen) atoms. The minimum atomic E-state index is 0.0887. The van der Waals surface area contributed by atoms with Crippen LogP contribution in [0.3, 0.4) is 0 Å². The van der Waals surface area contributed by atoms with Gasteiger partial charge in [-0.3, -0.25) is 14.5 Å². The molecule has 170 valence electrons. The number of carbonyl (C=O) groups excluding carboxylic acids is 2. The van der Waals surface area contributed by atoms with E-state index in [1.807, 2.05) is 24.3 Å². The van der Waals surface area contributed by atoms with E-state index < -0.39 is 0 Å². The molecule has 2 unspecified atom stereocenters. The summed E-state index contributed by atoms with van der Waals surface area (Å²) in [5.41, 5.74) is 0.740. The lowest BCUT2D eigenvalue weighted by molar-refractivity contribution is -0.119. The van der Waals surface area contributed by atoms with Crippen molar-refractivity contribution < 1.29 is 9.59 Å². The Hall–Kier alpha value is -1.53. The SMILES string of the molecule is CC1CN2CCCC2CN1C(=O)c1ccccc1SCC(=O)NC1CCCCCCC1. The third-order valence-electron chi connectivity index (χ3n) is 7.14. The van der Waals surface area contributed by atoms with Crippen LogP contribution < -0.4 is 5.32 Å². The lowest BCUT2D eigenvalue weighted by Gasteiger charge is -2.42. The number of hydrogen-bond acceptors (Lipinski definition) is 4. The maximum absolute atomic E-state index is 13.4. The molecule has 5 nitrogen and oxygen atoms in total. The second kappa shape index (κ2) is 10.9. The molecule has 1 saturated carbocycles. The number of fused-ring (bicyclic) bond motifs is 1. The summed E-state index contributed by atoms with van der Waals surface area (Å²) in [7, 11) is 0.